The molecule has 41 heavy (non-hydrogen) atoms. The van der Waals surface area contributed by atoms with Gasteiger partial charge in [0.05, 0.1) is 27.0 Å². The van der Waals surface area contributed by atoms with Crippen LogP contribution in [-0.4, -0.2) is 50.5 Å². The fraction of sp³-hybridized carbons (Fsp3) is 0.310. The molecule has 0 fully saturated rings. The first-order valence-corrected chi connectivity index (χ1v) is 16.1. The van der Waals surface area contributed by atoms with Gasteiger partial charge in [-0.2, -0.15) is 0 Å². The summed E-state index contributed by atoms with van der Waals surface area (Å²) >= 11 is 24.7. The molecule has 3 rings (SSSR count). The molecule has 0 aliphatic rings. The van der Waals surface area contributed by atoms with E-state index in [1.165, 1.54) is 23.1 Å². The minimum atomic E-state index is -3.97. The van der Waals surface area contributed by atoms with Crippen molar-refractivity contribution in [1.82, 2.24) is 10.2 Å². The highest BCUT2D eigenvalue weighted by Gasteiger charge is 2.33. The Morgan fingerprint density at radius 3 is 2.12 bits per heavy atom. The zero-order valence-electron chi connectivity index (χ0n) is 22.8. The van der Waals surface area contributed by atoms with Crippen molar-refractivity contribution in [3.05, 3.63) is 97.9 Å². The Bertz CT molecular complexity index is 1490. The number of benzene rings is 3. The largest absolute Gasteiger partial charge is 0.354 e. The number of amides is 2. The molecule has 0 heterocycles. The Balaban J connectivity index is 2.08. The quantitative estimate of drug-likeness (QED) is 0.241. The van der Waals surface area contributed by atoms with Crippen LogP contribution >= 0.6 is 46.4 Å². The van der Waals surface area contributed by atoms with Crippen LogP contribution in [0.5, 0.6) is 0 Å². The number of nitrogens with one attached hydrogen (secondary N) is 1. The van der Waals surface area contributed by atoms with Gasteiger partial charge in [0, 0.05) is 24.5 Å². The minimum absolute atomic E-state index is 0.0335. The van der Waals surface area contributed by atoms with Gasteiger partial charge in [0.25, 0.3) is 0 Å². The topological polar surface area (TPSA) is 86.8 Å². The second kappa shape index (κ2) is 14.6. The molecule has 0 unspecified atom stereocenters. The molecular weight excluding hydrogens is 628 g/mol. The zero-order chi connectivity index (χ0) is 30.3. The summed E-state index contributed by atoms with van der Waals surface area (Å²) in [6, 6.07) is 17.5. The number of sulfonamides is 1. The first-order chi connectivity index (χ1) is 19.3. The predicted octanol–water partition coefficient (Wildman–Crippen LogP) is 6.48. The van der Waals surface area contributed by atoms with Gasteiger partial charge in [-0.05, 0) is 47.4 Å². The van der Waals surface area contributed by atoms with Crippen LogP contribution in [0, 0.1) is 5.92 Å². The highest BCUT2D eigenvalue weighted by atomic mass is 35.5. The van der Waals surface area contributed by atoms with Crippen molar-refractivity contribution in [2.24, 2.45) is 5.92 Å². The van der Waals surface area contributed by atoms with Crippen molar-refractivity contribution in [1.29, 1.82) is 0 Å². The zero-order valence-corrected chi connectivity index (χ0v) is 26.6. The van der Waals surface area contributed by atoms with Crippen molar-refractivity contribution >= 4 is 73.9 Å². The first-order valence-electron chi connectivity index (χ1n) is 12.7. The van der Waals surface area contributed by atoms with Gasteiger partial charge in [0.2, 0.25) is 21.8 Å². The summed E-state index contributed by atoms with van der Waals surface area (Å²) in [5.74, 6) is -0.817. The second-order valence-corrected chi connectivity index (χ2v) is 13.5. The fourth-order valence-electron chi connectivity index (χ4n) is 4.09. The third-order valence-electron chi connectivity index (χ3n) is 6.15. The summed E-state index contributed by atoms with van der Waals surface area (Å²) < 4.78 is 26.7. The Labute approximate surface area is 261 Å². The number of carbonyl (C=O) groups is 2. The third-order valence-corrected chi connectivity index (χ3v) is 8.55. The van der Waals surface area contributed by atoms with E-state index in [0.29, 0.717) is 22.2 Å². The maximum absolute atomic E-state index is 14.1. The molecule has 3 aromatic rings. The van der Waals surface area contributed by atoms with E-state index >= 15 is 0 Å². The number of carbonyl (C=O) groups excluding carboxylic acids is 2. The molecule has 220 valence electrons. The van der Waals surface area contributed by atoms with Crippen molar-refractivity contribution in [3.8, 4) is 0 Å². The number of halogens is 4. The van der Waals surface area contributed by atoms with Gasteiger partial charge in [-0.25, -0.2) is 8.42 Å². The van der Waals surface area contributed by atoms with E-state index in [1.807, 2.05) is 44.2 Å². The Morgan fingerprint density at radius 1 is 0.854 bits per heavy atom. The summed E-state index contributed by atoms with van der Waals surface area (Å²) in [5.41, 5.74) is 1.52. The van der Waals surface area contributed by atoms with Gasteiger partial charge in [-0.15, -0.1) is 0 Å². The molecule has 0 bridgehead atoms. The molecule has 0 saturated carbocycles. The summed E-state index contributed by atoms with van der Waals surface area (Å²) in [5, 5.41) is 3.92. The van der Waals surface area contributed by atoms with Gasteiger partial charge < -0.3 is 10.2 Å². The second-order valence-electron chi connectivity index (χ2n) is 9.98. The van der Waals surface area contributed by atoms with Crippen LogP contribution in [0.1, 0.15) is 25.0 Å². The monoisotopic (exact) mass is 657 g/mol. The average molecular weight is 659 g/mol. The lowest BCUT2D eigenvalue weighted by Gasteiger charge is -2.34. The van der Waals surface area contributed by atoms with Gasteiger partial charge in [0.1, 0.15) is 12.6 Å². The van der Waals surface area contributed by atoms with Crippen LogP contribution in [0.3, 0.4) is 0 Å². The van der Waals surface area contributed by atoms with Gasteiger partial charge in [0.15, 0.2) is 0 Å². The lowest BCUT2D eigenvalue weighted by atomic mass is 10.0. The van der Waals surface area contributed by atoms with Crippen molar-refractivity contribution in [2.45, 2.75) is 32.9 Å². The molecule has 7 nitrogen and oxygen atoms in total. The lowest BCUT2D eigenvalue weighted by molar-refractivity contribution is -0.140. The Morgan fingerprint density at radius 2 is 1.54 bits per heavy atom. The number of anilines is 1. The van der Waals surface area contributed by atoms with Gasteiger partial charge in [-0.1, -0.05) is 96.6 Å². The van der Waals surface area contributed by atoms with Crippen LogP contribution in [0.15, 0.2) is 66.7 Å². The van der Waals surface area contributed by atoms with Crippen LogP contribution in [-0.2, 0) is 32.6 Å². The smallest absolute Gasteiger partial charge is 0.244 e. The van der Waals surface area contributed by atoms with E-state index in [4.69, 9.17) is 46.4 Å². The molecule has 0 radical (unpaired) electrons. The van der Waals surface area contributed by atoms with Crippen molar-refractivity contribution in [2.75, 3.05) is 23.7 Å². The first kappa shape index (κ1) is 33.0. The maximum Gasteiger partial charge on any atom is 0.244 e. The number of rotatable bonds is 12. The average Bonchev–Trinajstić information content (AvgIpc) is 2.90. The number of hydrogen-bond donors (Lipinski definition) is 1. The van der Waals surface area contributed by atoms with E-state index in [2.05, 4.69) is 5.32 Å². The summed E-state index contributed by atoms with van der Waals surface area (Å²) in [7, 11) is -3.97. The van der Waals surface area contributed by atoms with Crippen molar-refractivity contribution in [3.63, 3.8) is 0 Å². The van der Waals surface area contributed by atoms with E-state index < -0.39 is 28.5 Å². The van der Waals surface area contributed by atoms with Crippen LogP contribution in [0.4, 0.5) is 5.69 Å². The van der Waals surface area contributed by atoms with Gasteiger partial charge in [-0.3, -0.25) is 13.9 Å². The Hall–Kier alpha value is -2.49. The summed E-state index contributed by atoms with van der Waals surface area (Å²) in [6.45, 7) is 3.68. The standard InChI is InChI=1S/C29H31Cl4N3O4S/c1-19(2)16-34-29(38)27(14-20-7-5-4-6-8-20)35(17-21-9-11-23(31)24(32)13-21)28(37)18-36(41(3,39)40)26-12-10-22(30)15-25(26)33/h4-13,15,19,27H,14,16-18H2,1-3H3,(H,34,38)/t27-/m0/s1. The SMILES string of the molecule is CC(C)CNC(=O)[C@H](Cc1ccccc1)N(Cc1ccc(Cl)c(Cl)c1)C(=O)CN(c1ccc(Cl)cc1Cl)S(C)(=O)=O. The van der Waals surface area contributed by atoms with E-state index in [9.17, 15) is 18.0 Å². The molecule has 12 heteroatoms. The highest BCUT2D eigenvalue weighted by Crippen LogP contribution is 2.31. The third kappa shape index (κ3) is 9.51. The van der Waals surface area contributed by atoms with Crippen LogP contribution in [0.25, 0.3) is 0 Å². The molecule has 0 aromatic heterocycles. The van der Waals surface area contributed by atoms with E-state index in [1.54, 1.807) is 18.2 Å². The van der Waals surface area contributed by atoms with Crippen molar-refractivity contribution < 1.29 is 18.0 Å². The van der Waals surface area contributed by atoms with Crippen LogP contribution < -0.4 is 9.62 Å². The number of nitrogens with zero attached hydrogens (tertiary/aromatic N) is 2. The number of hydrogen-bond acceptors (Lipinski definition) is 4. The molecule has 0 aliphatic carbocycles. The molecule has 0 spiro atoms. The molecule has 0 saturated heterocycles. The molecule has 1 N–H and O–H groups in total. The maximum atomic E-state index is 14.1. The fourth-order valence-corrected chi connectivity index (χ4v) is 5.83. The van der Waals surface area contributed by atoms with Gasteiger partial charge >= 0.3 is 0 Å². The molecule has 2 amide bonds. The van der Waals surface area contributed by atoms with Crippen LogP contribution in [0.2, 0.25) is 20.1 Å². The molecule has 0 aliphatic heterocycles. The lowest BCUT2D eigenvalue weighted by Crippen LogP contribution is -2.53. The molecular formula is C29H31Cl4N3O4S. The summed E-state index contributed by atoms with van der Waals surface area (Å²) in [4.78, 5) is 29.1. The normalized spacial score (nSPS) is 12.2. The summed E-state index contributed by atoms with van der Waals surface area (Å²) in [6.07, 6.45) is 1.17. The van der Waals surface area contributed by atoms with E-state index in [-0.39, 0.29) is 40.5 Å². The highest BCUT2D eigenvalue weighted by molar-refractivity contribution is 7.92. The Kier molecular flexibility index (Phi) is 11.8. The predicted molar refractivity (Wildman–Crippen MR) is 167 cm³/mol. The minimum Gasteiger partial charge on any atom is -0.354 e. The van der Waals surface area contributed by atoms with E-state index in [0.717, 1.165) is 16.1 Å². The molecule has 3 aromatic carbocycles. The molecule has 1 atom stereocenters.